The SMILES string of the molecule is NCc1cc(C(=O)NCCC2CC2)co1. The molecule has 0 atom stereocenters. The smallest absolute Gasteiger partial charge is 0.254 e. The lowest BCUT2D eigenvalue weighted by Gasteiger charge is -2.01. The summed E-state index contributed by atoms with van der Waals surface area (Å²) in [5.74, 6) is 1.41. The third kappa shape index (κ3) is 2.83. The predicted octanol–water partition coefficient (Wildman–Crippen LogP) is 1.27. The van der Waals surface area contributed by atoms with E-state index in [4.69, 9.17) is 10.2 Å². The van der Waals surface area contributed by atoms with Crippen LogP contribution in [0.3, 0.4) is 0 Å². The second kappa shape index (κ2) is 4.49. The molecule has 1 saturated carbocycles. The zero-order valence-electron chi connectivity index (χ0n) is 8.66. The molecule has 2 rings (SSSR count). The molecule has 0 radical (unpaired) electrons. The Bertz CT molecular complexity index is 342. The molecule has 1 aliphatic carbocycles. The Morgan fingerprint density at radius 2 is 2.40 bits per heavy atom. The van der Waals surface area contributed by atoms with Crippen molar-refractivity contribution in [2.45, 2.75) is 25.8 Å². The number of carbonyl (C=O) groups excluding carboxylic acids is 1. The molecule has 0 aromatic carbocycles. The number of furan rings is 1. The van der Waals surface area contributed by atoms with Crippen LogP contribution in [0.5, 0.6) is 0 Å². The molecule has 0 saturated heterocycles. The summed E-state index contributed by atoms with van der Waals surface area (Å²) in [6.45, 7) is 1.09. The van der Waals surface area contributed by atoms with E-state index < -0.39 is 0 Å². The standard InChI is InChI=1S/C11H16N2O2/c12-6-10-5-9(7-15-10)11(14)13-4-3-8-1-2-8/h5,7-8H,1-4,6,12H2,(H,13,14). The maximum atomic E-state index is 11.6. The number of amides is 1. The number of rotatable bonds is 5. The van der Waals surface area contributed by atoms with Crippen LogP contribution < -0.4 is 11.1 Å². The summed E-state index contributed by atoms with van der Waals surface area (Å²) in [7, 11) is 0. The first-order chi connectivity index (χ1) is 7.29. The molecule has 1 aromatic heterocycles. The number of hydrogen-bond donors (Lipinski definition) is 2. The van der Waals surface area contributed by atoms with Gasteiger partial charge in [0.05, 0.1) is 12.1 Å². The minimum Gasteiger partial charge on any atom is -0.467 e. The third-order valence-corrected chi connectivity index (χ3v) is 2.65. The van der Waals surface area contributed by atoms with Crippen molar-refractivity contribution in [3.8, 4) is 0 Å². The zero-order chi connectivity index (χ0) is 10.7. The highest BCUT2D eigenvalue weighted by molar-refractivity contribution is 5.93. The van der Waals surface area contributed by atoms with Gasteiger partial charge in [-0.15, -0.1) is 0 Å². The number of carbonyl (C=O) groups is 1. The average Bonchev–Trinajstić information content (AvgIpc) is 2.94. The Labute approximate surface area is 88.8 Å². The van der Waals surface area contributed by atoms with Gasteiger partial charge in [-0.25, -0.2) is 0 Å². The largest absolute Gasteiger partial charge is 0.467 e. The van der Waals surface area contributed by atoms with Crippen molar-refractivity contribution in [2.75, 3.05) is 6.54 Å². The fraction of sp³-hybridized carbons (Fsp3) is 0.545. The maximum Gasteiger partial charge on any atom is 0.254 e. The van der Waals surface area contributed by atoms with Gasteiger partial charge in [-0.3, -0.25) is 4.79 Å². The van der Waals surface area contributed by atoms with E-state index in [0.717, 1.165) is 18.9 Å². The van der Waals surface area contributed by atoms with Crippen molar-refractivity contribution < 1.29 is 9.21 Å². The summed E-state index contributed by atoms with van der Waals surface area (Å²) in [5.41, 5.74) is 5.95. The number of nitrogens with two attached hydrogens (primary N) is 1. The van der Waals surface area contributed by atoms with Gasteiger partial charge in [0.25, 0.3) is 5.91 Å². The maximum absolute atomic E-state index is 11.6. The fourth-order valence-electron chi connectivity index (χ4n) is 1.51. The minimum absolute atomic E-state index is 0.0703. The average molecular weight is 208 g/mol. The molecule has 4 heteroatoms. The van der Waals surface area contributed by atoms with Crippen molar-refractivity contribution in [3.63, 3.8) is 0 Å². The second-order valence-electron chi connectivity index (χ2n) is 3.99. The third-order valence-electron chi connectivity index (χ3n) is 2.65. The monoisotopic (exact) mass is 208 g/mol. The van der Waals surface area contributed by atoms with Gasteiger partial charge in [0.1, 0.15) is 12.0 Å². The molecule has 3 N–H and O–H groups in total. The molecule has 0 aliphatic heterocycles. The lowest BCUT2D eigenvalue weighted by Crippen LogP contribution is -2.24. The molecule has 82 valence electrons. The van der Waals surface area contributed by atoms with Crippen LogP contribution in [-0.4, -0.2) is 12.5 Å². The molecule has 1 fully saturated rings. The van der Waals surface area contributed by atoms with Crippen LogP contribution >= 0.6 is 0 Å². The van der Waals surface area contributed by atoms with Crippen LogP contribution in [0.15, 0.2) is 16.7 Å². The summed E-state index contributed by atoms with van der Waals surface area (Å²) in [6.07, 6.45) is 5.18. The molecule has 1 aliphatic rings. The van der Waals surface area contributed by atoms with Crippen molar-refractivity contribution in [3.05, 3.63) is 23.7 Å². The number of nitrogens with one attached hydrogen (secondary N) is 1. The van der Waals surface area contributed by atoms with Crippen molar-refractivity contribution in [1.29, 1.82) is 0 Å². The molecule has 0 unspecified atom stereocenters. The van der Waals surface area contributed by atoms with E-state index in [2.05, 4.69) is 5.32 Å². The van der Waals surface area contributed by atoms with Crippen LogP contribution in [0, 0.1) is 5.92 Å². The first-order valence-electron chi connectivity index (χ1n) is 5.35. The van der Waals surface area contributed by atoms with E-state index >= 15 is 0 Å². The van der Waals surface area contributed by atoms with Gasteiger partial charge in [0, 0.05) is 6.54 Å². The highest BCUT2D eigenvalue weighted by Crippen LogP contribution is 2.31. The van der Waals surface area contributed by atoms with Gasteiger partial charge in [-0.2, -0.15) is 0 Å². The normalized spacial score (nSPS) is 15.3. The Kier molecular flexibility index (Phi) is 3.06. The highest BCUT2D eigenvalue weighted by atomic mass is 16.3. The summed E-state index contributed by atoms with van der Waals surface area (Å²) in [5, 5.41) is 2.87. The Balaban J connectivity index is 1.78. The van der Waals surface area contributed by atoms with Crippen LogP contribution in [0.2, 0.25) is 0 Å². The van der Waals surface area contributed by atoms with Crippen LogP contribution in [0.1, 0.15) is 35.4 Å². The highest BCUT2D eigenvalue weighted by Gasteiger charge is 2.20. The fourth-order valence-corrected chi connectivity index (χ4v) is 1.51. The van der Waals surface area contributed by atoms with Crippen molar-refractivity contribution >= 4 is 5.91 Å². The molecule has 1 heterocycles. The van der Waals surface area contributed by atoms with E-state index in [1.54, 1.807) is 6.07 Å². The van der Waals surface area contributed by atoms with Crippen LogP contribution in [0.4, 0.5) is 0 Å². The van der Waals surface area contributed by atoms with E-state index in [1.807, 2.05) is 0 Å². The van der Waals surface area contributed by atoms with E-state index in [1.165, 1.54) is 19.1 Å². The molecule has 15 heavy (non-hydrogen) atoms. The van der Waals surface area contributed by atoms with Gasteiger partial charge in [-0.1, -0.05) is 12.8 Å². The summed E-state index contributed by atoms with van der Waals surface area (Å²) < 4.78 is 5.09. The van der Waals surface area contributed by atoms with Crippen molar-refractivity contribution in [2.24, 2.45) is 11.7 Å². The van der Waals surface area contributed by atoms with Crippen molar-refractivity contribution in [1.82, 2.24) is 5.32 Å². The lowest BCUT2D eigenvalue weighted by molar-refractivity contribution is 0.0952. The van der Waals surface area contributed by atoms with E-state index in [9.17, 15) is 4.79 Å². The molecule has 4 nitrogen and oxygen atoms in total. The predicted molar refractivity (Wildman–Crippen MR) is 56.3 cm³/mol. The molecule has 1 amide bonds. The topological polar surface area (TPSA) is 68.3 Å². The summed E-state index contributed by atoms with van der Waals surface area (Å²) >= 11 is 0. The number of hydrogen-bond acceptors (Lipinski definition) is 3. The van der Waals surface area contributed by atoms with Gasteiger partial charge in [0.2, 0.25) is 0 Å². The Morgan fingerprint density at radius 1 is 1.60 bits per heavy atom. The van der Waals surface area contributed by atoms with E-state index in [-0.39, 0.29) is 5.91 Å². The Hall–Kier alpha value is -1.29. The van der Waals surface area contributed by atoms with E-state index in [0.29, 0.717) is 17.9 Å². The molecular formula is C11H16N2O2. The van der Waals surface area contributed by atoms with Gasteiger partial charge in [-0.05, 0) is 18.4 Å². The minimum atomic E-state index is -0.0703. The quantitative estimate of drug-likeness (QED) is 0.765. The van der Waals surface area contributed by atoms with Crippen LogP contribution in [-0.2, 0) is 6.54 Å². The van der Waals surface area contributed by atoms with Gasteiger partial charge in [0.15, 0.2) is 0 Å². The van der Waals surface area contributed by atoms with Gasteiger partial charge < -0.3 is 15.5 Å². The zero-order valence-corrected chi connectivity index (χ0v) is 8.66. The lowest BCUT2D eigenvalue weighted by atomic mass is 10.2. The second-order valence-corrected chi connectivity index (χ2v) is 3.99. The summed E-state index contributed by atoms with van der Waals surface area (Å²) in [4.78, 5) is 11.6. The molecular weight excluding hydrogens is 192 g/mol. The molecule has 0 bridgehead atoms. The van der Waals surface area contributed by atoms with Gasteiger partial charge >= 0.3 is 0 Å². The first-order valence-corrected chi connectivity index (χ1v) is 5.35. The molecule has 1 aromatic rings. The first kappa shape index (κ1) is 10.2. The Morgan fingerprint density at radius 3 is 3.00 bits per heavy atom. The molecule has 0 spiro atoms. The summed E-state index contributed by atoms with van der Waals surface area (Å²) in [6, 6.07) is 1.69. The van der Waals surface area contributed by atoms with Crippen LogP contribution in [0.25, 0.3) is 0 Å².